The average molecular weight is 339 g/mol. The lowest BCUT2D eigenvalue weighted by molar-refractivity contribution is -0.133. The molecule has 0 aliphatic heterocycles. The Bertz CT molecular complexity index is 520. The van der Waals surface area contributed by atoms with Crippen LogP contribution in [0.3, 0.4) is 0 Å². The predicted octanol–water partition coefficient (Wildman–Crippen LogP) is 2.95. The van der Waals surface area contributed by atoms with Gasteiger partial charge in [-0.3, -0.25) is 9.69 Å². The number of amides is 1. The monoisotopic (exact) mass is 338 g/mol. The number of likely N-dealkylation sites (N-methyl/N-ethyl adjacent to an activating group) is 2. The fraction of sp³-hybridized carbons (Fsp3) is 0.611. The molecule has 1 aromatic rings. The average Bonchev–Trinajstić information content (AvgIpc) is 2.91. The lowest BCUT2D eigenvalue weighted by atomic mass is 10.1. The number of aliphatic hydroxyl groups is 1. The smallest absolute Gasteiger partial charge is 0.236 e. The van der Waals surface area contributed by atoms with Crippen molar-refractivity contribution in [1.29, 1.82) is 0 Å². The van der Waals surface area contributed by atoms with Crippen molar-refractivity contribution in [3.63, 3.8) is 0 Å². The van der Waals surface area contributed by atoms with Crippen LogP contribution in [0.4, 0.5) is 0 Å². The molecule has 23 heavy (non-hydrogen) atoms. The summed E-state index contributed by atoms with van der Waals surface area (Å²) in [6.45, 7) is 3.16. The number of carbonyl (C=O) groups is 1. The second kappa shape index (κ2) is 8.13. The van der Waals surface area contributed by atoms with Crippen LogP contribution in [-0.2, 0) is 4.79 Å². The van der Waals surface area contributed by atoms with Crippen LogP contribution < -0.4 is 0 Å². The zero-order valence-electron chi connectivity index (χ0n) is 14.2. The van der Waals surface area contributed by atoms with Crippen molar-refractivity contribution in [1.82, 2.24) is 9.80 Å². The molecule has 3 unspecified atom stereocenters. The quantitative estimate of drug-likeness (QED) is 0.867. The van der Waals surface area contributed by atoms with E-state index in [0.29, 0.717) is 17.5 Å². The van der Waals surface area contributed by atoms with Crippen LogP contribution in [0.1, 0.15) is 37.8 Å². The Balaban J connectivity index is 1.87. The number of aliphatic hydroxyl groups excluding tert-OH is 1. The summed E-state index contributed by atoms with van der Waals surface area (Å²) in [6, 6.07) is 7.61. The van der Waals surface area contributed by atoms with E-state index in [4.69, 9.17) is 11.6 Å². The van der Waals surface area contributed by atoms with Gasteiger partial charge in [-0.2, -0.15) is 0 Å². The van der Waals surface area contributed by atoms with Crippen molar-refractivity contribution < 1.29 is 9.90 Å². The minimum atomic E-state index is -0.210. The third-order valence-electron chi connectivity index (χ3n) is 4.90. The minimum Gasteiger partial charge on any atom is -0.393 e. The van der Waals surface area contributed by atoms with Gasteiger partial charge in [0.05, 0.1) is 18.7 Å². The summed E-state index contributed by atoms with van der Waals surface area (Å²) in [6.07, 6.45) is 2.82. The van der Waals surface area contributed by atoms with Gasteiger partial charge in [-0.15, -0.1) is 0 Å². The molecule has 4 nitrogen and oxygen atoms in total. The van der Waals surface area contributed by atoms with Crippen LogP contribution >= 0.6 is 11.6 Å². The molecule has 0 saturated heterocycles. The van der Waals surface area contributed by atoms with Gasteiger partial charge in [-0.05, 0) is 50.4 Å². The predicted molar refractivity (Wildman–Crippen MR) is 93.5 cm³/mol. The van der Waals surface area contributed by atoms with Crippen molar-refractivity contribution in [3.05, 3.63) is 34.9 Å². The van der Waals surface area contributed by atoms with E-state index in [1.54, 1.807) is 4.90 Å². The summed E-state index contributed by atoms with van der Waals surface area (Å²) < 4.78 is 0. The third kappa shape index (κ3) is 4.93. The molecule has 0 bridgehead atoms. The Labute approximate surface area is 144 Å². The number of halogens is 1. The van der Waals surface area contributed by atoms with E-state index in [0.717, 1.165) is 31.4 Å². The highest BCUT2D eigenvalue weighted by molar-refractivity contribution is 6.30. The fourth-order valence-electron chi connectivity index (χ4n) is 3.22. The van der Waals surface area contributed by atoms with Crippen molar-refractivity contribution in [2.24, 2.45) is 5.92 Å². The highest BCUT2D eigenvalue weighted by Gasteiger charge is 2.27. The molecule has 0 spiro atoms. The second-order valence-electron chi connectivity index (χ2n) is 6.69. The van der Waals surface area contributed by atoms with Crippen LogP contribution in [0.15, 0.2) is 24.3 Å². The molecule has 1 aromatic carbocycles. The Hall–Kier alpha value is -1.10. The topological polar surface area (TPSA) is 43.8 Å². The normalized spacial score (nSPS) is 22.3. The summed E-state index contributed by atoms with van der Waals surface area (Å²) in [4.78, 5) is 16.3. The Kier molecular flexibility index (Phi) is 6.45. The standard InChI is InChI=1S/C18H27ClN2O2/c1-13(14-7-9-16(19)10-8-14)21(3)18(23)12-20(2)11-15-5-4-6-17(15)22/h7-10,13,15,17,22H,4-6,11-12H2,1-3H3. The van der Waals surface area contributed by atoms with Crippen molar-refractivity contribution in [2.45, 2.75) is 38.3 Å². The molecule has 5 heteroatoms. The molecular weight excluding hydrogens is 312 g/mol. The lowest BCUT2D eigenvalue weighted by Gasteiger charge is -2.29. The zero-order chi connectivity index (χ0) is 17.0. The molecule has 1 N–H and O–H groups in total. The van der Waals surface area contributed by atoms with E-state index >= 15 is 0 Å². The Morgan fingerprint density at radius 1 is 1.30 bits per heavy atom. The maximum absolute atomic E-state index is 12.5. The molecule has 1 saturated carbocycles. The first kappa shape index (κ1) is 18.2. The van der Waals surface area contributed by atoms with Crippen LogP contribution in [-0.4, -0.2) is 54.1 Å². The first-order valence-electron chi connectivity index (χ1n) is 8.26. The molecule has 1 aliphatic rings. The second-order valence-corrected chi connectivity index (χ2v) is 7.12. The molecular formula is C18H27ClN2O2. The van der Waals surface area contributed by atoms with Crippen LogP contribution in [0.5, 0.6) is 0 Å². The summed E-state index contributed by atoms with van der Waals surface area (Å²) in [5.74, 6) is 0.384. The van der Waals surface area contributed by atoms with E-state index in [1.165, 1.54) is 0 Å². The first-order chi connectivity index (χ1) is 10.9. The number of carbonyl (C=O) groups excluding carboxylic acids is 1. The van der Waals surface area contributed by atoms with Crippen molar-refractivity contribution >= 4 is 17.5 Å². The molecule has 2 rings (SSSR count). The van der Waals surface area contributed by atoms with Gasteiger partial charge in [0.25, 0.3) is 0 Å². The van der Waals surface area contributed by atoms with E-state index in [1.807, 2.05) is 50.2 Å². The summed E-state index contributed by atoms with van der Waals surface area (Å²) in [7, 11) is 3.78. The van der Waals surface area contributed by atoms with Gasteiger partial charge in [0.15, 0.2) is 0 Å². The van der Waals surface area contributed by atoms with Gasteiger partial charge in [0, 0.05) is 18.6 Å². The van der Waals surface area contributed by atoms with Crippen LogP contribution in [0, 0.1) is 5.92 Å². The van der Waals surface area contributed by atoms with E-state index in [-0.39, 0.29) is 18.1 Å². The summed E-state index contributed by atoms with van der Waals surface area (Å²) in [5, 5.41) is 10.6. The molecule has 0 heterocycles. The largest absolute Gasteiger partial charge is 0.393 e. The number of nitrogens with zero attached hydrogens (tertiary/aromatic N) is 2. The molecule has 1 aliphatic carbocycles. The maximum atomic E-state index is 12.5. The van der Waals surface area contributed by atoms with Crippen molar-refractivity contribution in [3.8, 4) is 0 Å². The fourth-order valence-corrected chi connectivity index (χ4v) is 3.34. The highest BCUT2D eigenvalue weighted by atomic mass is 35.5. The van der Waals surface area contributed by atoms with Gasteiger partial charge in [0.2, 0.25) is 5.91 Å². The van der Waals surface area contributed by atoms with Gasteiger partial charge >= 0.3 is 0 Å². The zero-order valence-corrected chi connectivity index (χ0v) is 15.0. The maximum Gasteiger partial charge on any atom is 0.236 e. The van der Waals surface area contributed by atoms with Gasteiger partial charge in [-0.25, -0.2) is 0 Å². The summed E-state index contributed by atoms with van der Waals surface area (Å²) in [5.41, 5.74) is 1.07. The lowest BCUT2D eigenvalue weighted by Crippen LogP contribution is -2.40. The number of rotatable bonds is 6. The number of hydrogen-bond acceptors (Lipinski definition) is 3. The summed E-state index contributed by atoms with van der Waals surface area (Å²) >= 11 is 5.91. The van der Waals surface area contributed by atoms with Gasteiger partial charge in [-0.1, -0.05) is 30.2 Å². The third-order valence-corrected chi connectivity index (χ3v) is 5.15. The molecule has 0 aromatic heterocycles. The van der Waals surface area contributed by atoms with E-state index in [2.05, 4.69) is 0 Å². The first-order valence-corrected chi connectivity index (χ1v) is 8.64. The molecule has 3 atom stereocenters. The Morgan fingerprint density at radius 2 is 1.96 bits per heavy atom. The molecule has 128 valence electrons. The molecule has 1 fully saturated rings. The molecule has 1 amide bonds. The van der Waals surface area contributed by atoms with E-state index in [9.17, 15) is 9.90 Å². The van der Waals surface area contributed by atoms with Crippen LogP contribution in [0.2, 0.25) is 5.02 Å². The number of benzene rings is 1. The van der Waals surface area contributed by atoms with E-state index < -0.39 is 0 Å². The number of hydrogen-bond donors (Lipinski definition) is 1. The molecule has 0 radical (unpaired) electrons. The van der Waals surface area contributed by atoms with Crippen LogP contribution in [0.25, 0.3) is 0 Å². The highest BCUT2D eigenvalue weighted by Crippen LogP contribution is 2.26. The Morgan fingerprint density at radius 3 is 2.52 bits per heavy atom. The van der Waals surface area contributed by atoms with Crippen molar-refractivity contribution in [2.75, 3.05) is 27.2 Å². The SMILES string of the molecule is CC(c1ccc(Cl)cc1)N(C)C(=O)CN(C)CC1CCCC1O. The minimum absolute atomic E-state index is 0.00485. The van der Waals surface area contributed by atoms with Gasteiger partial charge in [0.1, 0.15) is 0 Å². The van der Waals surface area contributed by atoms with Gasteiger partial charge < -0.3 is 10.0 Å².